The van der Waals surface area contributed by atoms with Crippen LogP contribution in [0.5, 0.6) is 0 Å². The zero-order valence-corrected chi connectivity index (χ0v) is 18.7. The van der Waals surface area contributed by atoms with E-state index >= 15 is 0 Å². The third kappa shape index (κ3) is 7.75. The fourth-order valence-electron chi connectivity index (χ4n) is 3.90. The predicted molar refractivity (Wildman–Crippen MR) is 123 cm³/mol. The normalized spacial score (nSPS) is 15.0. The summed E-state index contributed by atoms with van der Waals surface area (Å²) in [7, 11) is 0. The summed E-state index contributed by atoms with van der Waals surface area (Å²) in [6, 6.07) is 21.0. The molecule has 30 heavy (non-hydrogen) atoms. The van der Waals surface area contributed by atoms with Crippen molar-refractivity contribution >= 4 is 18.4 Å². The van der Waals surface area contributed by atoms with Crippen LogP contribution in [0.1, 0.15) is 56.3 Å². The number of unbranched alkanes of at least 4 members (excludes halogenated alkanes) is 1. The molecule has 0 radical (unpaired) electrons. The number of carbonyl (C=O) groups is 1. The van der Waals surface area contributed by atoms with Gasteiger partial charge in [-0.2, -0.15) is 0 Å². The van der Waals surface area contributed by atoms with Crippen molar-refractivity contribution in [3.63, 3.8) is 0 Å². The van der Waals surface area contributed by atoms with E-state index in [1.54, 1.807) is 0 Å². The molecule has 0 amide bonds. The van der Waals surface area contributed by atoms with Crippen molar-refractivity contribution in [2.75, 3.05) is 26.2 Å². The van der Waals surface area contributed by atoms with E-state index in [0.29, 0.717) is 13.0 Å². The van der Waals surface area contributed by atoms with Gasteiger partial charge >= 0.3 is 5.97 Å². The van der Waals surface area contributed by atoms with Crippen LogP contribution in [-0.2, 0) is 14.3 Å². The van der Waals surface area contributed by atoms with Gasteiger partial charge in [0.15, 0.2) is 0 Å². The minimum Gasteiger partial charge on any atom is -0.466 e. The Labute approximate surface area is 187 Å². The van der Waals surface area contributed by atoms with Crippen LogP contribution in [0.4, 0.5) is 0 Å². The molecule has 0 bridgehead atoms. The molecule has 4 nitrogen and oxygen atoms in total. The number of benzene rings is 2. The molecule has 164 valence electrons. The highest BCUT2D eigenvalue weighted by Gasteiger charge is 2.24. The summed E-state index contributed by atoms with van der Waals surface area (Å²) in [6.07, 6.45) is 4.83. The lowest BCUT2D eigenvalue weighted by Crippen LogP contribution is -2.38. The molecule has 0 aliphatic carbocycles. The molecule has 1 saturated heterocycles. The van der Waals surface area contributed by atoms with E-state index in [2.05, 4.69) is 53.4 Å². The molecule has 5 heteroatoms. The SMILES string of the molecule is CCOC(=O)CCCCN1CCC(OC(c2ccccc2)c2ccccc2)CC1.Cl. The van der Waals surface area contributed by atoms with Gasteiger partial charge in [0.25, 0.3) is 0 Å². The van der Waals surface area contributed by atoms with Crippen molar-refractivity contribution in [2.24, 2.45) is 0 Å². The van der Waals surface area contributed by atoms with Crippen molar-refractivity contribution in [1.29, 1.82) is 0 Å². The van der Waals surface area contributed by atoms with Gasteiger partial charge in [0, 0.05) is 19.5 Å². The van der Waals surface area contributed by atoms with E-state index < -0.39 is 0 Å². The molecule has 0 N–H and O–H groups in total. The molecule has 0 saturated carbocycles. The number of hydrogen-bond donors (Lipinski definition) is 0. The summed E-state index contributed by atoms with van der Waals surface area (Å²) in [4.78, 5) is 13.9. The van der Waals surface area contributed by atoms with Crippen LogP contribution in [0.25, 0.3) is 0 Å². The molecule has 0 atom stereocenters. The summed E-state index contributed by atoms with van der Waals surface area (Å²) in [5, 5.41) is 0. The van der Waals surface area contributed by atoms with Crippen LogP contribution in [0.3, 0.4) is 0 Å². The Balaban J connectivity index is 0.00000320. The Morgan fingerprint density at radius 2 is 1.53 bits per heavy atom. The first-order valence-corrected chi connectivity index (χ1v) is 10.9. The highest BCUT2D eigenvalue weighted by molar-refractivity contribution is 5.85. The maximum atomic E-state index is 11.4. The van der Waals surface area contributed by atoms with Crippen LogP contribution in [0.15, 0.2) is 60.7 Å². The van der Waals surface area contributed by atoms with Gasteiger partial charge in [0.2, 0.25) is 0 Å². The topological polar surface area (TPSA) is 38.8 Å². The minimum atomic E-state index is -0.0764. The largest absolute Gasteiger partial charge is 0.466 e. The smallest absolute Gasteiger partial charge is 0.305 e. The van der Waals surface area contributed by atoms with Gasteiger partial charge in [0.05, 0.1) is 12.7 Å². The van der Waals surface area contributed by atoms with Gasteiger partial charge < -0.3 is 14.4 Å². The van der Waals surface area contributed by atoms with Gasteiger partial charge in [-0.3, -0.25) is 4.79 Å². The Morgan fingerprint density at radius 3 is 2.07 bits per heavy atom. The summed E-state index contributed by atoms with van der Waals surface area (Å²) < 4.78 is 11.6. The zero-order chi connectivity index (χ0) is 20.3. The van der Waals surface area contributed by atoms with Gasteiger partial charge in [-0.25, -0.2) is 0 Å². The Kier molecular flexibility index (Phi) is 10.9. The zero-order valence-electron chi connectivity index (χ0n) is 17.9. The van der Waals surface area contributed by atoms with Crippen LogP contribution in [0, 0.1) is 0 Å². The van der Waals surface area contributed by atoms with Crippen LogP contribution >= 0.6 is 12.4 Å². The van der Waals surface area contributed by atoms with Crippen molar-refractivity contribution in [3.8, 4) is 0 Å². The molecule has 2 aromatic rings. The van der Waals surface area contributed by atoms with Gasteiger partial charge in [-0.1, -0.05) is 60.7 Å². The minimum absolute atomic E-state index is 0. The maximum Gasteiger partial charge on any atom is 0.305 e. The summed E-state index contributed by atoms with van der Waals surface area (Å²) in [5.74, 6) is -0.0764. The Bertz CT molecular complexity index is 678. The van der Waals surface area contributed by atoms with Crippen LogP contribution < -0.4 is 0 Å². The second kappa shape index (κ2) is 13.4. The van der Waals surface area contributed by atoms with Gasteiger partial charge in [-0.15, -0.1) is 12.4 Å². The summed E-state index contributed by atoms with van der Waals surface area (Å²) in [5.41, 5.74) is 2.42. The number of ether oxygens (including phenoxy) is 2. The average molecular weight is 432 g/mol. The molecular weight excluding hydrogens is 398 g/mol. The van der Waals surface area contributed by atoms with Crippen LogP contribution in [-0.4, -0.2) is 43.2 Å². The van der Waals surface area contributed by atoms with Gasteiger partial charge in [-0.05, 0) is 50.3 Å². The lowest BCUT2D eigenvalue weighted by Gasteiger charge is -2.34. The summed E-state index contributed by atoms with van der Waals surface area (Å²) in [6.45, 7) is 5.48. The number of rotatable bonds is 10. The highest BCUT2D eigenvalue weighted by atomic mass is 35.5. The first kappa shape index (κ1) is 24.4. The van der Waals surface area contributed by atoms with E-state index in [1.807, 2.05) is 19.1 Å². The average Bonchev–Trinajstić information content (AvgIpc) is 2.77. The van der Waals surface area contributed by atoms with Crippen molar-refractivity contribution < 1.29 is 14.3 Å². The predicted octanol–water partition coefficient (Wildman–Crippen LogP) is 5.41. The fourth-order valence-corrected chi connectivity index (χ4v) is 3.90. The number of likely N-dealkylation sites (tertiary alicyclic amines) is 1. The molecule has 3 rings (SSSR count). The third-order valence-electron chi connectivity index (χ3n) is 5.48. The Hall–Kier alpha value is -1.88. The molecule has 1 aliphatic rings. The standard InChI is InChI=1S/C25H33NO3.ClH/c1-2-28-24(27)15-9-10-18-26-19-16-23(17-20-26)29-25(21-11-5-3-6-12-21)22-13-7-4-8-14-22;/h3-8,11-14,23,25H,2,9-10,15-20H2,1H3;1H. The van der Waals surface area contributed by atoms with Crippen molar-refractivity contribution in [1.82, 2.24) is 4.90 Å². The Morgan fingerprint density at radius 1 is 0.967 bits per heavy atom. The first-order valence-electron chi connectivity index (χ1n) is 10.9. The van der Waals surface area contributed by atoms with E-state index in [4.69, 9.17) is 9.47 Å². The molecule has 0 unspecified atom stereocenters. The molecule has 2 aromatic carbocycles. The molecule has 0 spiro atoms. The first-order chi connectivity index (χ1) is 14.3. The number of nitrogens with zero attached hydrogens (tertiary/aromatic N) is 1. The summed E-state index contributed by atoms with van der Waals surface area (Å²) >= 11 is 0. The number of esters is 1. The van der Waals surface area contributed by atoms with E-state index in [1.165, 1.54) is 11.1 Å². The molecule has 0 aromatic heterocycles. The lowest BCUT2D eigenvalue weighted by molar-refractivity contribution is -0.143. The molecular formula is C25H34ClNO3. The van der Waals surface area contributed by atoms with E-state index in [9.17, 15) is 4.79 Å². The van der Waals surface area contributed by atoms with Crippen molar-refractivity contribution in [3.05, 3.63) is 71.8 Å². The second-order valence-electron chi connectivity index (χ2n) is 7.64. The number of hydrogen-bond acceptors (Lipinski definition) is 4. The lowest BCUT2D eigenvalue weighted by atomic mass is 10.00. The maximum absolute atomic E-state index is 11.4. The highest BCUT2D eigenvalue weighted by Crippen LogP contribution is 2.30. The number of carbonyl (C=O) groups excluding carboxylic acids is 1. The molecule has 1 fully saturated rings. The number of piperidine rings is 1. The van der Waals surface area contributed by atoms with E-state index in [-0.39, 0.29) is 30.6 Å². The van der Waals surface area contributed by atoms with Gasteiger partial charge in [0.1, 0.15) is 6.10 Å². The van der Waals surface area contributed by atoms with Crippen molar-refractivity contribution in [2.45, 2.75) is 51.2 Å². The fraction of sp³-hybridized carbons (Fsp3) is 0.480. The number of halogens is 1. The quantitative estimate of drug-likeness (QED) is 0.372. The molecule has 1 aliphatic heterocycles. The molecule has 1 heterocycles. The third-order valence-corrected chi connectivity index (χ3v) is 5.48. The monoisotopic (exact) mass is 431 g/mol. The van der Waals surface area contributed by atoms with E-state index in [0.717, 1.165) is 45.3 Å². The second-order valence-corrected chi connectivity index (χ2v) is 7.64. The van der Waals surface area contributed by atoms with Crippen LogP contribution in [0.2, 0.25) is 0 Å².